The summed E-state index contributed by atoms with van der Waals surface area (Å²) in [5, 5.41) is 10.5. The van der Waals surface area contributed by atoms with Crippen molar-refractivity contribution in [3.8, 4) is 11.1 Å². The molecule has 1 aliphatic heterocycles. The minimum atomic E-state index is -0.984. The Morgan fingerprint density at radius 2 is 2.00 bits per heavy atom. The van der Waals surface area contributed by atoms with Crippen LogP contribution >= 0.6 is 11.6 Å². The van der Waals surface area contributed by atoms with Crippen molar-refractivity contribution in [3.05, 3.63) is 47.2 Å². The second-order valence-electron chi connectivity index (χ2n) is 7.16. The average Bonchev–Trinajstić information content (AvgIpc) is 3.10. The number of hydrogen-bond acceptors (Lipinski definition) is 4. The van der Waals surface area contributed by atoms with Crippen LogP contribution in [0.15, 0.2) is 36.7 Å². The van der Waals surface area contributed by atoms with Crippen LogP contribution in [0.3, 0.4) is 0 Å². The fraction of sp³-hybridized carbons (Fsp3) is 0.286. The molecular weight excluding hydrogens is 378 g/mol. The van der Waals surface area contributed by atoms with Crippen molar-refractivity contribution in [2.75, 3.05) is 18.0 Å². The molecule has 1 saturated heterocycles. The lowest BCUT2D eigenvalue weighted by molar-refractivity contribution is -0.121. The molecular formula is C21H20ClN3O3. The molecule has 2 aromatic heterocycles. The van der Waals surface area contributed by atoms with Crippen LogP contribution < -0.4 is 4.90 Å². The number of Topliss-reactive ketones (excluding diaryl/α,β-unsaturated/α-hetero) is 1. The van der Waals surface area contributed by atoms with E-state index in [1.165, 1.54) is 6.20 Å². The van der Waals surface area contributed by atoms with Gasteiger partial charge in [0.15, 0.2) is 0 Å². The first-order valence-corrected chi connectivity index (χ1v) is 9.57. The number of hydrogen-bond donors (Lipinski definition) is 2. The topological polar surface area (TPSA) is 86.3 Å². The predicted molar refractivity (Wildman–Crippen MR) is 109 cm³/mol. The van der Waals surface area contributed by atoms with E-state index in [-0.39, 0.29) is 17.3 Å². The zero-order valence-corrected chi connectivity index (χ0v) is 16.2. The molecule has 6 nitrogen and oxygen atoms in total. The molecule has 0 atom stereocenters. The maximum absolute atomic E-state index is 11.5. The summed E-state index contributed by atoms with van der Waals surface area (Å²) in [4.78, 5) is 32.6. The molecule has 1 aliphatic rings. The van der Waals surface area contributed by atoms with Crippen molar-refractivity contribution in [2.24, 2.45) is 5.92 Å². The summed E-state index contributed by atoms with van der Waals surface area (Å²) >= 11 is 6.42. The maximum Gasteiger partial charge on any atom is 0.337 e. The lowest BCUT2D eigenvalue weighted by Gasteiger charge is -2.31. The molecule has 0 amide bonds. The van der Waals surface area contributed by atoms with Crippen LogP contribution in [-0.2, 0) is 4.79 Å². The summed E-state index contributed by atoms with van der Waals surface area (Å²) in [5.41, 5.74) is 2.47. The number of halogens is 1. The van der Waals surface area contributed by atoms with Gasteiger partial charge in [0, 0.05) is 53.4 Å². The monoisotopic (exact) mass is 397 g/mol. The number of benzene rings is 1. The van der Waals surface area contributed by atoms with Crippen molar-refractivity contribution < 1.29 is 14.7 Å². The van der Waals surface area contributed by atoms with Gasteiger partial charge in [-0.25, -0.2) is 9.78 Å². The standard InChI is InChI=1S/C21H20ClN3O3/c1-12(26)13-4-6-25(7-5-13)20-3-2-14(10-24-20)15-8-16-17(21(27)28)11-23-19(16)9-18(15)22/h2-3,8-11,13,23H,4-7H2,1H3,(H,27,28). The Kier molecular flexibility index (Phi) is 4.81. The van der Waals surface area contributed by atoms with Gasteiger partial charge in [-0.3, -0.25) is 4.79 Å². The average molecular weight is 398 g/mol. The number of aromatic amines is 1. The number of carboxylic acids is 1. The molecule has 0 saturated carbocycles. The smallest absolute Gasteiger partial charge is 0.337 e. The number of nitrogens with zero attached hydrogens (tertiary/aromatic N) is 2. The molecule has 144 valence electrons. The molecule has 3 aromatic rings. The van der Waals surface area contributed by atoms with Gasteiger partial charge in [0.05, 0.1) is 10.6 Å². The van der Waals surface area contributed by atoms with E-state index >= 15 is 0 Å². The molecule has 0 spiro atoms. The van der Waals surface area contributed by atoms with E-state index in [0.29, 0.717) is 15.9 Å². The van der Waals surface area contributed by atoms with Gasteiger partial charge in [0.1, 0.15) is 11.6 Å². The number of carbonyl (C=O) groups excluding carboxylic acids is 1. The number of ketones is 1. The van der Waals surface area contributed by atoms with Crippen molar-refractivity contribution in [2.45, 2.75) is 19.8 Å². The second-order valence-corrected chi connectivity index (χ2v) is 7.57. The van der Waals surface area contributed by atoms with E-state index in [1.807, 2.05) is 12.1 Å². The summed E-state index contributed by atoms with van der Waals surface area (Å²) < 4.78 is 0. The van der Waals surface area contributed by atoms with Gasteiger partial charge >= 0.3 is 5.97 Å². The number of H-pyrrole nitrogens is 1. The zero-order valence-electron chi connectivity index (χ0n) is 15.4. The fourth-order valence-corrected chi connectivity index (χ4v) is 4.06. The number of aromatic carboxylic acids is 1. The van der Waals surface area contributed by atoms with Gasteiger partial charge in [0.2, 0.25) is 0 Å². The number of carbonyl (C=O) groups is 2. The number of nitrogens with one attached hydrogen (secondary N) is 1. The largest absolute Gasteiger partial charge is 0.478 e. The first-order chi connectivity index (χ1) is 13.4. The Hall–Kier alpha value is -2.86. The van der Waals surface area contributed by atoms with Crippen molar-refractivity contribution in [1.82, 2.24) is 9.97 Å². The first kappa shape index (κ1) is 18.5. The predicted octanol–water partition coefficient (Wildman–Crippen LogP) is 4.39. The molecule has 28 heavy (non-hydrogen) atoms. The van der Waals surface area contributed by atoms with Crippen LogP contribution in [-0.4, -0.2) is 39.9 Å². The normalized spacial score (nSPS) is 15.1. The van der Waals surface area contributed by atoms with Crippen molar-refractivity contribution in [3.63, 3.8) is 0 Å². The van der Waals surface area contributed by atoms with E-state index in [1.54, 1.807) is 25.3 Å². The number of carboxylic acid groups (broad SMARTS) is 1. The molecule has 1 fully saturated rings. The maximum atomic E-state index is 11.5. The van der Waals surface area contributed by atoms with Gasteiger partial charge in [-0.2, -0.15) is 0 Å². The molecule has 1 aromatic carbocycles. The summed E-state index contributed by atoms with van der Waals surface area (Å²) in [7, 11) is 0. The minimum Gasteiger partial charge on any atom is -0.478 e. The van der Waals surface area contributed by atoms with Crippen molar-refractivity contribution >= 4 is 40.1 Å². The van der Waals surface area contributed by atoms with E-state index in [2.05, 4.69) is 14.9 Å². The highest BCUT2D eigenvalue weighted by Crippen LogP contribution is 2.34. The van der Waals surface area contributed by atoms with Crippen LogP contribution in [0.4, 0.5) is 5.82 Å². The SMILES string of the molecule is CC(=O)C1CCN(c2ccc(-c3cc4c(C(=O)O)c[nH]c4cc3Cl)cn2)CC1. The Morgan fingerprint density at radius 3 is 2.61 bits per heavy atom. The molecule has 4 rings (SSSR count). The second kappa shape index (κ2) is 7.28. The highest BCUT2D eigenvalue weighted by molar-refractivity contribution is 6.34. The van der Waals surface area contributed by atoms with Gasteiger partial charge in [0.25, 0.3) is 0 Å². The third-order valence-corrected chi connectivity index (χ3v) is 5.77. The lowest BCUT2D eigenvalue weighted by atomic mass is 9.93. The van der Waals surface area contributed by atoms with E-state index in [4.69, 9.17) is 11.6 Å². The Bertz CT molecular complexity index is 1050. The van der Waals surface area contributed by atoms with E-state index < -0.39 is 5.97 Å². The van der Waals surface area contributed by atoms with Crippen LogP contribution in [0.25, 0.3) is 22.0 Å². The Morgan fingerprint density at radius 1 is 1.25 bits per heavy atom. The lowest BCUT2D eigenvalue weighted by Crippen LogP contribution is -2.36. The van der Waals surface area contributed by atoms with Crippen molar-refractivity contribution in [1.29, 1.82) is 0 Å². The Balaban J connectivity index is 1.60. The number of pyridine rings is 1. The molecule has 3 heterocycles. The van der Waals surface area contributed by atoms with E-state index in [9.17, 15) is 14.7 Å². The number of anilines is 1. The molecule has 0 aliphatic carbocycles. The minimum absolute atomic E-state index is 0.158. The molecule has 0 bridgehead atoms. The van der Waals surface area contributed by atoms with Crippen LogP contribution in [0.5, 0.6) is 0 Å². The Labute approximate surface area is 167 Å². The molecule has 0 radical (unpaired) electrons. The molecule has 7 heteroatoms. The van der Waals surface area contributed by atoms with Crippen LogP contribution in [0.2, 0.25) is 5.02 Å². The third kappa shape index (κ3) is 3.36. The number of aromatic nitrogens is 2. The van der Waals surface area contributed by atoms with E-state index in [0.717, 1.165) is 42.9 Å². The van der Waals surface area contributed by atoms with Gasteiger partial charge in [-0.05, 0) is 44.0 Å². The molecule has 2 N–H and O–H groups in total. The number of rotatable bonds is 4. The van der Waals surface area contributed by atoms with Crippen LogP contribution in [0.1, 0.15) is 30.1 Å². The highest BCUT2D eigenvalue weighted by atomic mass is 35.5. The summed E-state index contributed by atoms with van der Waals surface area (Å²) in [6, 6.07) is 7.41. The quantitative estimate of drug-likeness (QED) is 0.682. The van der Waals surface area contributed by atoms with Gasteiger partial charge in [-0.1, -0.05) is 11.6 Å². The first-order valence-electron chi connectivity index (χ1n) is 9.20. The van der Waals surface area contributed by atoms with Gasteiger partial charge in [-0.15, -0.1) is 0 Å². The summed E-state index contributed by atoms with van der Waals surface area (Å²) in [6.07, 6.45) is 4.94. The van der Waals surface area contributed by atoms with Gasteiger partial charge < -0.3 is 15.0 Å². The zero-order chi connectivity index (χ0) is 19.8. The summed E-state index contributed by atoms with van der Waals surface area (Å²) in [5.74, 6) is 0.307. The number of piperidine rings is 1. The summed E-state index contributed by atoms with van der Waals surface area (Å²) in [6.45, 7) is 3.29. The third-order valence-electron chi connectivity index (χ3n) is 5.45. The fourth-order valence-electron chi connectivity index (χ4n) is 3.79. The molecule has 0 unspecified atom stereocenters. The highest BCUT2D eigenvalue weighted by Gasteiger charge is 2.23. The van der Waals surface area contributed by atoms with Crippen LogP contribution in [0, 0.1) is 5.92 Å². The number of fused-ring (bicyclic) bond motifs is 1.